The number of nitrogens with one attached hydrogen (secondary N) is 2. The van der Waals surface area contributed by atoms with E-state index in [1.165, 1.54) is 0 Å². The number of carbonyl (C=O) groups is 4. The Bertz CT molecular complexity index is 1410. The van der Waals surface area contributed by atoms with Gasteiger partial charge in [0, 0.05) is 30.7 Å². The van der Waals surface area contributed by atoms with Crippen molar-refractivity contribution in [1.82, 2.24) is 15.2 Å². The molecular formula is C32H43N5O5S. The van der Waals surface area contributed by atoms with E-state index in [1.807, 2.05) is 60.2 Å². The molecule has 0 unspecified atom stereocenters. The van der Waals surface area contributed by atoms with Crippen LogP contribution in [-0.4, -0.2) is 54.1 Å². The average Bonchev–Trinajstić information content (AvgIpc) is 3.58. The number of primary amides is 1. The molecule has 3 aromatic rings. The van der Waals surface area contributed by atoms with E-state index in [0.717, 1.165) is 72.8 Å². The SMILES string of the molecule is CCN(C(=O)Cn1c(C(=O)NC2CCC(C(=O)NCCCCCCOC(N)=O)CC2)cc2sccc21)c1cccc(C)c1. The minimum Gasteiger partial charge on any atom is -0.450 e. The number of thiophene rings is 1. The number of fused-ring (bicyclic) bond motifs is 1. The van der Waals surface area contributed by atoms with E-state index in [2.05, 4.69) is 10.6 Å². The second-order valence-electron chi connectivity index (χ2n) is 11.2. The molecule has 0 bridgehead atoms. The van der Waals surface area contributed by atoms with Gasteiger partial charge in [-0.15, -0.1) is 11.3 Å². The first-order chi connectivity index (χ1) is 20.8. The van der Waals surface area contributed by atoms with E-state index in [4.69, 9.17) is 10.5 Å². The molecule has 0 atom stereocenters. The molecule has 4 rings (SSSR count). The van der Waals surface area contributed by atoms with E-state index >= 15 is 0 Å². The van der Waals surface area contributed by atoms with Crippen LogP contribution in [0.5, 0.6) is 0 Å². The highest BCUT2D eigenvalue weighted by Gasteiger charge is 2.28. The molecule has 4 amide bonds. The van der Waals surface area contributed by atoms with Gasteiger partial charge in [-0.1, -0.05) is 18.6 Å². The predicted octanol–water partition coefficient (Wildman–Crippen LogP) is 5.12. The standard InChI is InChI=1S/C32H43N5O5S/c1-3-36(25-10-8-9-22(2)19-25)29(38)21-37-26-15-18-43-28(26)20-27(37)31(40)35-24-13-11-23(12-14-24)30(39)34-16-6-4-5-7-17-42-32(33)41/h8-10,15,18-20,23-24H,3-7,11-14,16-17,21H2,1-2H3,(H2,33,41)(H,34,39)(H,35,40). The van der Waals surface area contributed by atoms with E-state index in [1.54, 1.807) is 16.2 Å². The molecule has 1 fully saturated rings. The van der Waals surface area contributed by atoms with Crippen molar-refractivity contribution in [2.75, 3.05) is 24.6 Å². The van der Waals surface area contributed by atoms with Gasteiger partial charge in [-0.25, -0.2) is 4.79 Å². The Morgan fingerprint density at radius 3 is 2.53 bits per heavy atom. The maximum Gasteiger partial charge on any atom is 0.404 e. The number of aromatic nitrogens is 1. The predicted molar refractivity (Wildman–Crippen MR) is 169 cm³/mol. The van der Waals surface area contributed by atoms with Crippen molar-refractivity contribution >= 4 is 51.1 Å². The fourth-order valence-electron chi connectivity index (χ4n) is 5.72. The molecule has 1 aliphatic carbocycles. The summed E-state index contributed by atoms with van der Waals surface area (Å²) in [7, 11) is 0. The zero-order valence-corrected chi connectivity index (χ0v) is 25.9. The lowest BCUT2D eigenvalue weighted by molar-refractivity contribution is -0.126. The lowest BCUT2D eigenvalue weighted by Crippen LogP contribution is -2.42. The van der Waals surface area contributed by atoms with Crippen LogP contribution < -0.4 is 21.3 Å². The third-order valence-electron chi connectivity index (χ3n) is 8.03. The van der Waals surface area contributed by atoms with Crippen LogP contribution in [0.25, 0.3) is 10.2 Å². The van der Waals surface area contributed by atoms with Crippen molar-refractivity contribution in [1.29, 1.82) is 0 Å². The Morgan fingerprint density at radius 1 is 1.05 bits per heavy atom. The van der Waals surface area contributed by atoms with E-state index in [9.17, 15) is 19.2 Å². The molecule has 232 valence electrons. The van der Waals surface area contributed by atoms with Crippen molar-refractivity contribution in [3.05, 3.63) is 53.0 Å². The fourth-order valence-corrected chi connectivity index (χ4v) is 6.55. The number of hydrogen-bond acceptors (Lipinski definition) is 6. The van der Waals surface area contributed by atoms with Gasteiger partial charge in [-0.2, -0.15) is 0 Å². The van der Waals surface area contributed by atoms with E-state index in [0.29, 0.717) is 25.4 Å². The summed E-state index contributed by atoms with van der Waals surface area (Å²) in [6.45, 7) is 5.50. The lowest BCUT2D eigenvalue weighted by atomic mass is 9.85. The zero-order valence-electron chi connectivity index (χ0n) is 25.1. The molecule has 1 aromatic carbocycles. The second-order valence-corrected chi connectivity index (χ2v) is 12.1. The minimum absolute atomic E-state index is 0.0179. The number of amides is 4. The summed E-state index contributed by atoms with van der Waals surface area (Å²) >= 11 is 1.55. The molecule has 0 aliphatic heterocycles. The van der Waals surface area contributed by atoms with Crippen LogP contribution in [-0.2, 0) is 20.9 Å². The molecule has 10 nitrogen and oxygen atoms in total. The molecule has 0 saturated heterocycles. The van der Waals surface area contributed by atoms with Gasteiger partial charge >= 0.3 is 6.09 Å². The number of nitrogens with zero attached hydrogens (tertiary/aromatic N) is 2. The lowest BCUT2D eigenvalue weighted by Gasteiger charge is -2.28. The number of aryl methyl sites for hydroxylation is 1. The van der Waals surface area contributed by atoms with Crippen LogP contribution in [0, 0.1) is 12.8 Å². The number of hydrogen-bond donors (Lipinski definition) is 3. The number of rotatable bonds is 14. The van der Waals surface area contributed by atoms with Crippen LogP contribution in [0.3, 0.4) is 0 Å². The van der Waals surface area contributed by atoms with Gasteiger partial charge in [0.2, 0.25) is 11.8 Å². The monoisotopic (exact) mass is 609 g/mol. The summed E-state index contributed by atoms with van der Waals surface area (Å²) in [6.07, 6.45) is 5.63. The Balaban J connectivity index is 1.27. The van der Waals surface area contributed by atoms with Gasteiger partial charge in [0.1, 0.15) is 12.2 Å². The summed E-state index contributed by atoms with van der Waals surface area (Å²) in [5.41, 5.74) is 8.23. The quantitative estimate of drug-likeness (QED) is 0.218. The number of anilines is 1. The van der Waals surface area contributed by atoms with Crippen LogP contribution in [0.2, 0.25) is 0 Å². The Labute approximate surface area is 256 Å². The molecule has 2 heterocycles. The highest BCUT2D eigenvalue weighted by molar-refractivity contribution is 7.17. The molecule has 4 N–H and O–H groups in total. The van der Waals surface area contributed by atoms with Crippen LogP contribution in [0.4, 0.5) is 10.5 Å². The average molecular weight is 610 g/mol. The van der Waals surface area contributed by atoms with Crippen molar-refractivity contribution in [2.24, 2.45) is 11.7 Å². The number of benzene rings is 1. The first-order valence-electron chi connectivity index (χ1n) is 15.2. The van der Waals surface area contributed by atoms with Crippen molar-refractivity contribution in [2.45, 2.75) is 77.8 Å². The van der Waals surface area contributed by atoms with Crippen molar-refractivity contribution in [3.8, 4) is 0 Å². The molecule has 1 aliphatic rings. The molecule has 0 spiro atoms. The van der Waals surface area contributed by atoms with Gasteiger partial charge in [0.15, 0.2) is 0 Å². The highest BCUT2D eigenvalue weighted by atomic mass is 32.1. The molecule has 11 heteroatoms. The highest BCUT2D eigenvalue weighted by Crippen LogP contribution is 2.28. The van der Waals surface area contributed by atoms with E-state index < -0.39 is 6.09 Å². The van der Waals surface area contributed by atoms with Crippen LogP contribution in [0.15, 0.2) is 41.8 Å². The smallest absolute Gasteiger partial charge is 0.404 e. The number of nitrogens with two attached hydrogens (primary N) is 1. The Morgan fingerprint density at radius 2 is 1.81 bits per heavy atom. The number of likely N-dealkylation sites (N-methyl/N-ethyl adjacent to an activating group) is 1. The number of unbranched alkanes of at least 4 members (excludes halogenated alkanes) is 3. The minimum atomic E-state index is -0.750. The summed E-state index contributed by atoms with van der Waals surface area (Å²) in [6, 6.07) is 11.7. The number of ether oxygens (including phenoxy) is 1. The first-order valence-corrected chi connectivity index (χ1v) is 16.1. The summed E-state index contributed by atoms with van der Waals surface area (Å²) in [5, 5.41) is 8.19. The van der Waals surface area contributed by atoms with Crippen LogP contribution in [0.1, 0.15) is 74.3 Å². The molecular weight excluding hydrogens is 566 g/mol. The summed E-state index contributed by atoms with van der Waals surface area (Å²) in [5.74, 6) is -0.243. The van der Waals surface area contributed by atoms with Gasteiger partial charge in [0.05, 0.1) is 16.8 Å². The van der Waals surface area contributed by atoms with Gasteiger partial charge in [0.25, 0.3) is 5.91 Å². The molecule has 0 radical (unpaired) electrons. The topological polar surface area (TPSA) is 136 Å². The molecule has 43 heavy (non-hydrogen) atoms. The maximum atomic E-state index is 13.5. The van der Waals surface area contributed by atoms with E-state index in [-0.39, 0.29) is 36.2 Å². The van der Waals surface area contributed by atoms with Crippen molar-refractivity contribution in [3.63, 3.8) is 0 Å². The first kappa shape index (κ1) is 32.1. The van der Waals surface area contributed by atoms with Crippen LogP contribution >= 0.6 is 11.3 Å². The third kappa shape index (κ3) is 8.82. The van der Waals surface area contributed by atoms with Crippen molar-refractivity contribution < 1.29 is 23.9 Å². The normalized spacial score (nSPS) is 16.5. The summed E-state index contributed by atoms with van der Waals surface area (Å²) < 4.78 is 7.51. The maximum absolute atomic E-state index is 13.5. The van der Waals surface area contributed by atoms with Gasteiger partial charge < -0.3 is 30.6 Å². The third-order valence-corrected chi connectivity index (χ3v) is 8.88. The fraction of sp³-hybridized carbons (Fsp3) is 0.500. The van der Waals surface area contributed by atoms with Gasteiger partial charge in [-0.05, 0) is 94.0 Å². The summed E-state index contributed by atoms with van der Waals surface area (Å²) in [4.78, 5) is 52.0. The van der Waals surface area contributed by atoms with Gasteiger partial charge in [-0.3, -0.25) is 14.4 Å². The zero-order chi connectivity index (χ0) is 30.8. The Hall–Kier alpha value is -3.86. The largest absolute Gasteiger partial charge is 0.450 e. The molecule has 2 aromatic heterocycles. The number of carbonyl (C=O) groups excluding carboxylic acids is 4. The second kappa shape index (κ2) is 15.6. The molecule has 1 saturated carbocycles. The Kier molecular flexibility index (Phi) is 11.6.